The van der Waals surface area contributed by atoms with Crippen molar-refractivity contribution in [3.63, 3.8) is 0 Å². The summed E-state index contributed by atoms with van der Waals surface area (Å²) in [4.78, 5) is 22.7. The number of aryl methyl sites for hydroxylation is 1. The third-order valence-electron chi connectivity index (χ3n) is 2.67. The standard InChI is InChI=1S/C14H21N3O2/c1-3-16-12-7-6-10(2)9-11(12)14(19)17-8-4-5-13(15)18/h6-7,9,16H,3-5,8H2,1-2H3,(H2,15,18)(H,17,19). The van der Waals surface area contributed by atoms with Crippen LogP contribution in [0.1, 0.15) is 35.7 Å². The first kappa shape index (κ1) is 15.0. The van der Waals surface area contributed by atoms with Crippen molar-refractivity contribution in [2.24, 2.45) is 5.73 Å². The van der Waals surface area contributed by atoms with Crippen molar-refractivity contribution in [3.05, 3.63) is 29.3 Å². The van der Waals surface area contributed by atoms with E-state index in [1.54, 1.807) is 0 Å². The number of amides is 2. The number of carbonyl (C=O) groups is 2. The quantitative estimate of drug-likeness (QED) is 0.650. The maximum Gasteiger partial charge on any atom is 0.253 e. The number of nitrogens with one attached hydrogen (secondary N) is 2. The van der Waals surface area contributed by atoms with Gasteiger partial charge < -0.3 is 16.4 Å². The Hall–Kier alpha value is -2.04. The number of nitrogens with two attached hydrogens (primary N) is 1. The average Bonchev–Trinajstić information content (AvgIpc) is 2.36. The first-order valence-corrected chi connectivity index (χ1v) is 6.45. The van der Waals surface area contributed by atoms with Crippen molar-refractivity contribution < 1.29 is 9.59 Å². The van der Waals surface area contributed by atoms with Crippen molar-refractivity contribution in [1.82, 2.24) is 5.32 Å². The van der Waals surface area contributed by atoms with Gasteiger partial charge in [0.05, 0.1) is 5.56 Å². The van der Waals surface area contributed by atoms with E-state index in [-0.39, 0.29) is 18.2 Å². The van der Waals surface area contributed by atoms with Crippen molar-refractivity contribution in [1.29, 1.82) is 0 Å². The molecule has 0 saturated heterocycles. The lowest BCUT2D eigenvalue weighted by molar-refractivity contribution is -0.118. The average molecular weight is 263 g/mol. The van der Waals surface area contributed by atoms with Gasteiger partial charge in [-0.2, -0.15) is 0 Å². The fourth-order valence-corrected chi connectivity index (χ4v) is 1.75. The van der Waals surface area contributed by atoms with Gasteiger partial charge in [0.25, 0.3) is 5.91 Å². The zero-order valence-electron chi connectivity index (χ0n) is 11.5. The van der Waals surface area contributed by atoms with E-state index in [1.807, 2.05) is 32.0 Å². The molecule has 0 spiro atoms. The number of rotatable bonds is 7. The normalized spacial score (nSPS) is 10.0. The molecule has 104 valence electrons. The molecule has 4 N–H and O–H groups in total. The van der Waals surface area contributed by atoms with E-state index in [4.69, 9.17) is 5.73 Å². The first-order chi connectivity index (χ1) is 9.04. The van der Waals surface area contributed by atoms with Crippen LogP contribution >= 0.6 is 0 Å². The summed E-state index contributed by atoms with van der Waals surface area (Å²) in [6, 6.07) is 5.71. The maximum absolute atomic E-state index is 12.1. The molecule has 1 aromatic rings. The van der Waals surface area contributed by atoms with Crippen LogP contribution in [0.3, 0.4) is 0 Å². The van der Waals surface area contributed by atoms with Crippen LogP contribution in [0.25, 0.3) is 0 Å². The van der Waals surface area contributed by atoms with Gasteiger partial charge >= 0.3 is 0 Å². The Kier molecular flexibility index (Phi) is 5.85. The molecule has 0 radical (unpaired) electrons. The SMILES string of the molecule is CCNc1ccc(C)cc1C(=O)NCCCC(N)=O. The molecule has 5 nitrogen and oxygen atoms in total. The zero-order chi connectivity index (χ0) is 14.3. The summed E-state index contributed by atoms with van der Waals surface area (Å²) in [5.41, 5.74) is 7.52. The van der Waals surface area contributed by atoms with Gasteiger partial charge in [0.15, 0.2) is 0 Å². The van der Waals surface area contributed by atoms with Crippen LogP contribution < -0.4 is 16.4 Å². The monoisotopic (exact) mass is 263 g/mol. The second kappa shape index (κ2) is 7.41. The molecule has 0 fully saturated rings. The van der Waals surface area contributed by atoms with Crippen molar-refractivity contribution >= 4 is 17.5 Å². The number of anilines is 1. The molecule has 0 aromatic heterocycles. The second-order valence-corrected chi connectivity index (χ2v) is 4.41. The Morgan fingerprint density at radius 1 is 1.32 bits per heavy atom. The van der Waals surface area contributed by atoms with E-state index in [0.717, 1.165) is 17.8 Å². The van der Waals surface area contributed by atoms with Gasteiger partial charge in [0, 0.05) is 25.2 Å². The van der Waals surface area contributed by atoms with Crippen LogP contribution in [0, 0.1) is 6.92 Å². The highest BCUT2D eigenvalue weighted by Crippen LogP contribution is 2.17. The van der Waals surface area contributed by atoms with Gasteiger partial charge in [-0.1, -0.05) is 11.6 Å². The number of carbonyl (C=O) groups excluding carboxylic acids is 2. The van der Waals surface area contributed by atoms with Crippen LogP contribution in [-0.2, 0) is 4.79 Å². The highest BCUT2D eigenvalue weighted by Gasteiger charge is 2.10. The van der Waals surface area contributed by atoms with Crippen LogP contribution in [0.4, 0.5) is 5.69 Å². The van der Waals surface area contributed by atoms with E-state index in [2.05, 4.69) is 10.6 Å². The summed E-state index contributed by atoms with van der Waals surface area (Å²) in [5, 5.41) is 5.95. The number of hydrogen-bond donors (Lipinski definition) is 3. The lowest BCUT2D eigenvalue weighted by atomic mass is 10.1. The first-order valence-electron chi connectivity index (χ1n) is 6.45. The molecular weight excluding hydrogens is 242 g/mol. The zero-order valence-corrected chi connectivity index (χ0v) is 11.5. The van der Waals surface area contributed by atoms with Crippen molar-refractivity contribution in [2.45, 2.75) is 26.7 Å². The molecular formula is C14H21N3O2. The summed E-state index contributed by atoms with van der Waals surface area (Å²) in [5.74, 6) is -0.484. The summed E-state index contributed by atoms with van der Waals surface area (Å²) < 4.78 is 0. The Morgan fingerprint density at radius 3 is 2.68 bits per heavy atom. The Balaban J connectivity index is 2.64. The number of primary amides is 1. The van der Waals surface area contributed by atoms with Gasteiger partial charge in [-0.15, -0.1) is 0 Å². The van der Waals surface area contributed by atoms with Gasteiger partial charge in [0.1, 0.15) is 0 Å². The van der Waals surface area contributed by atoms with E-state index < -0.39 is 0 Å². The van der Waals surface area contributed by atoms with E-state index in [1.165, 1.54) is 0 Å². The molecule has 0 saturated carbocycles. The Bertz CT molecular complexity index is 458. The molecule has 19 heavy (non-hydrogen) atoms. The fraction of sp³-hybridized carbons (Fsp3) is 0.429. The van der Waals surface area contributed by atoms with Crippen LogP contribution in [0.5, 0.6) is 0 Å². The molecule has 0 aliphatic carbocycles. The summed E-state index contributed by atoms with van der Waals surface area (Å²) in [6.07, 6.45) is 0.845. The molecule has 0 heterocycles. The fourth-order valence-electron chi connectivity index (χ4n) is 1.75. The molecule has 0 atom stereocenters. The molecule has 1 aromatic carbocycles. The van der Waals surface area contributed by atoms with Crippen LogP contribution in [0.2, 0.25) is 0 Å². The van der Waals surface area contributed by atoms with E-state index in [0.29, 0.717) is 18.5 Å². The molecule has 2 amide bonds. The smallest absolute Gasteiger partial charge is 0.253 e. The van der Waals surface area contributed by atoms with Gasteiger partial charge in [-0.3, -0.25) is 9.59 Å². The lowest BCUT2D eigenvalue weighted by Gasteiger charge is -2.12. The van der Waals surface area contributed by atoms with Gasteiger partial charge in [-0.25, -0.2) is 0 Å². The predicted molar refractivity (Wildman–Crippen MR) is 76.1 cm³/mol. The highest BCUT2D eigenvalue weighted by atomic mass is 16.2. The molecule has 0 aliphatic rings. The third kappa shape index (κ3) is 4.99. The molecule has 0 aliphatic heterocycles. The lowest BCUT2D eigenvalue weighted by Crippen LogP contribution is -2.26. The maximum atomic E-state index is 12.1. The molecule has 0 bridgehead atoms. The molecule has 5 heteroatoms. The summed E-state index contributed by atoms with van der Waals surface area (Å²) >= 11 is 0. The number of benzene rings is 1. The minimum atomic E-state index is -0.349. The predicted octanol–water partition coefficient (Wildman–Crippen LogP) is 1.42. The largest absolute Gasteiger partial charge is 0.385 e. The van der Waals surface area contributed by atoms with Gasteiger partial charge in [0.2, 0.25) is 5.91 Å². The Labute approximate surface area is 113 Å². The number of hydrogen-bond acceptors (Lipinski definition) is 3. The van der Waals surface area contributed by atoms with Crippen molar-refractivity contribution in [3.8, 4) is 0 Å². The van der Waals surface area contributed by atoms with Crippen molar-refractivity contribution in [2.75, 3.05) is 18.4 Å². The minimum absolute atomic E-state index is 0.135. The molecule has 1 rings (SSSR count). The van der Waals surface area contributed by atoms with E-state index >= 15 is 0 Å². The molecule has 0 unspecified atom stereocenters. The Morgan fingerprint density at radius 2 is 2.05 bits per heavy atom. The highest BCUT2D eigenvalue weighted by molar-refractivity contribution is 5.99. The van der Waals surface area contributed by atoms with Crippen LogP contribution in [0.15, 0.2) is 18.2 Å². The summed E-state index contributed by atoms with van der Waals surface area (Å²) in [7, 11) is 0. The van der Waals surface area contributed by atoms with E-state index in [9.17, 15) is 9.59 Å². The topological polar surface area (TPSA) is 84.2 Å². The third-order valence-corrected chi connectivity index (χ3v) is 2.67. The summed E-state index contributed by atoms with van der Waals surface area (Å²) in [6.45, 7) is 5.13. The minimum Gasteiger partial charge on any atom is -0.385 e. The second-order valence-electron chi connectivity index (χ2n) is 4.41. The van der Waals surface area contributed by atoms with Gasteiger partial charge in [-0.05, 0) is 32.4 Å². The van der Waals surface area contributed by atoms with Crippen LogP contribution in [-0.4, -0.2) is 24.9 Å².